The van der Waals surface area contributed by atoms with Crippen LogP contribution in [-0.2, 0) is 23.1 Å². The first-order chi connectivity index (χ1) is 12.3. The maximum Gasteiger partial charge on any atom is 0.238 e. The van der Waals surface area contributed by atoms with Crippen molar-refractivity contribution in [2.75, 3.05) is 13.6 Å². The molecule has 3 N–H and O–H groups in total. The normalized spacial score (nSPS) is 11.6. The predicted molar refractivity (Wildman–Crippen MR) is 121 cm³/mol. The third kappa shape index (κ3) is 7.28. The summed E-state index contributed by atoms with van der Waals surface area (Å²) in [5, 5.41) is 9.11. The van der Waals surface area contributed by atoms with Crippen molar-refractivity contribution in [3.05, 3.63) is 64.7 Å². The highest BCUT2D eigenvalue weighted by Gasteiger charge is 2.10. The highest BCUT2D eigenvalue weighted by atomic mass is 127. The first-order valence-corrected chi connectivity index (χ1v) is 10.1. The zero-order valence-electron chi connectivity index (χ0n) is 15.2. The summed E-state index contributed by atoms with van der Waals surface area (Å²) in [4.78, 5) is 6.63. The van der Waals surface area contributed by atoms with E-state index in [-0.39, 0.29) is 28.9 Å². The van der Waals surface area contributed by atoms with Gasteiger partial charge in [-0.2, -0.15) is 0 Å². The van der Waals surface area contributed by atoms with Crippen molar-refractivity contribution in [1.82, 2.24) is 10.2 Å². The van der Waals surface area contributed by atoms with E-state index in [0.29, 0.717) is 30.6 Å². The van der Waals surface area contributed by atoms with E-state index in [0.717, 1.165) is 11.1 Å². The molecule has 0 heterocycles. The van der Waals surface area contributed by atoms with Gasteiger partial charge in [-0.1, -0.05) is 41.9 Å². The van der Waals surface area contributed by atoms with Crippen molar-refractivity contribution in [1.29, 1.82) is 0 Å². The minimum absolute atomic E-state index is 0. The molecule has 6 nitrogen and oxygen atoms in total. The third-order valence-electron chi connectivity index (χ3n) is 3.70. The van der Waals surface area contributed by atoms with E-state index in [4.69, 9.17) is 16.7 Å². The summed E-state index contributed by atoms with van der Waals surface area (Å²) in [7, 11) is -1.80. The smallest absolute Gasteiger partial charge is 0.238 e. The molecule has 0 atom stereocenters. The number of nitrogens with one attached hydrogen (secondary N) is 1. The second-order valence-corrected chi connectivity index (χ2v) is 7.78. The summed E-state index contributed by atoms with van der Waals surface area (Å²) >= 11 is 6.23. The Balaban J connectivity index is 0.00000364. The molecule has 0 amide bonds. The molecule has 0 aliphatic carbocycles. The van der Waals surface area contributed by atoms with E-state index in [2.05, 4.69) is 10.3 Å². The number of hydrogen-bond acceptors (Lipinski definition) is 3. The summed E-state index contributed by atoms with van der Waals surface area (Å²) < 4.78 is 23.0. The number of sulfonamides is 1. The average Bonchev–Trinajstić information content (AvgIpc) is 2.60. The molecule has 0 bridgehead atoms. The van der Waals surface area contributed by atoms with Crippen LogP contribution in [0.2, 0.25) is 5.02 Å². The monoisotopic (exact) mass is 522 g/mol. The summed E-state index contributed by atoms with van der Waals surface area (Å²) in [5.41, 5.74) is 1.76. The third-order valence-corrected chi connectivity index (χ3v) is 4.98. The number of rotatable bonds is 6. The van der Waals surface area contributed by atoms with Crippen molar-refractivity contribution in [2.45, 2.75) is 24.9 Å². The number of nitrogens with zero attached hydrogens (tertiary/aromatic N) is 2. The topological polar surface area (TPSA) is 87.8 Å². The highest BCUT2D eigenvalue weighted by Crippen LogP contribution is 2.17. The molecule has 2 aromatic rings. The molecule has 0 saturated carbocycles. The van der Waals surface area contributed by atoms with Gasteiger partial charge in [0.15, 0.2) is 5.96 Å². The van der Waals surface area contributed by atoms with Gasteiger partial charge in [0.25, 0.3) is 0 Å². The lowest BCUT2D eigenvalue weighted by Crippen LogP contribution is -2.38. The fraction of sp³-hybridized carbons (Fsp3) is 0.278. The van der Waals surface area contributed by atoms with Crippen LogP contribution in [0, 0.1) is 0 Å². The molecule has 9 heteroatoms. The van der Waals surface area contributed by atoms with Crippen LogP contribution in [0.25, 0.3) is 0 Å². The van der Waals surface area contributed by atoms with Crippen LogP contribution in [0.5, 0.6) is 0 Å². The zero-order chi connectivity index (χ0) is 19.2. The molecule has 0 aliphatic rings. The van der Waals surface area contributed by atoms with Crippen LogP contribution < -0.4 is 10.5 Å². The van der Waals surface area contributed by atoms with Crippen molar-refractivity contribution < 1.29 is 8.42 Å². The largest absolute Gasteiger partial charge is 0.357 e. The maximum absolute atomic E-state index is 11.5. The number of benzene rings is 2. The van der Waals surface area contributed by atoms with Gasteiger partial charge >= 0.3 is 0 Å². The standard InChI is InChI=1S/C18H23ClN4O2S.HI/c1-3-21-18(23(2)13-15-8-4-5-10-17(15)19)22-12-14-7-6-9-16(11-14)26(20,24)25;/h4-11H,3,12-13H2,1-2H3,(H,21,22)(H2,20,24,25);1H. The predicted octanol–water partition coefficient (Wildman–Crippen LogP) is 3.20. The summed E-state index contributed by atoms with van der Waals surface area (Å²) in [5.74, 6) is 0.702. The van der Waals surface area contributed by atoms with Crippen LogP contribution in [0.3, 0.4) is 0 Å². The zero-order valence-corrected chi connectivity index (χ0v) is 19.1. The van der Waals surface area contributed by atoms with Crippen molar-refractivity contribution in [3.63, 3.8) is 0 Å². The Kier molecular flexibility index (Phi) is 9.51. The molecular weight excluding hydrogens is 499 g/mol. The molecule has 0 saturated heterocycles. The van der Waals surface area contributed by atoms with E-state index in [1.807, 2.05) is 49.2 Å². The van der Waals surface area contributed by atoms with Gasteiger partial charge in [-0.3, -0.25) is 0 Å². The maximum atomic E-state index is 11.5. The van der Waals surface area contributed by atoms with Crippen molar-refractivity contribution in [3.8, 4) is 0 Å². The molecule has 148 valence electrons. The lowest BCUT2D eigenvalue weighted by atomic mass is 10.2. The number of guanidine groups is 1. The summed E-state index contributed by atoms with van der Waals surface area (Å²) in [6.07, 6.45) is 0. The molecule has 0 fully saturated rings. The SMILES string of the molecule is CCNC(=NCc1cccc(S(N)(=O)=O)c1)N(C)Cc1ccccc1Cl.I. The van der Waals surface area contributed by atoms with Gasteiger partial charge in [0, 0.05) is 25.2 Å². The molecular formula is C18H24ClIN4O2S. The first-order valence-electron chi connectivity index (χ1n) is 8.16. The fourth-order valence-electron chi connectivity index (χ4n) is 2.41. The van der Waals surface area contributed by atoms with Crippen LogP contribution >= 0.6 is 35.6 Å². The Morgan fingerprint density at radius 2 is 1.93 bits per heavy atom. The number of halogens is 2. The second-order valence-electron chi connectivity index (χ2n) is 5.81. The lowest BCUT2D eigenvalue weighted by molar-refractivity contribution is 0.477. The van der Waals surface area contributed by atoms with E-state index in [1.54, 1.807) is 6.07 Å². The average molecular weight is 523 g/mol. The number of nitrogens with two attached hydrogens (primary N) is 1. The van der Waals surface area contributed by atoms with Crippen LogP contribution in [0.15, 0.2) is 58.4 Å². The van der Waals surface area contributed by atoms with Crippen molar-refractivity contribution >= 4 is 51.6 Å². The Bertz CT molecular complexity index is 890. The quantitative estimate of drug-likeness (QED) is 0.346. The van der Waals surface area contributed by atoms with Gasteiger partial charge in [0.05, 0.1) is 11.4 Å². The molecule has 2 rings (SSSR count). The van der Waals surface area contributed by atoms with E-state index in [9.17, 15) is 8.42 Å². The molecule has 27 heavy (non-hydrogen) atoms. The summed E-state index contributed by atoms with van der Waals surface area (Å²) in [6.45, 7) is 3.63. The highest BCUT2D eigenvalue weighted by molar-refractivity contribution is 14.0. The molecule has 0 unspecified atom stereocenters. The molecule has 0 radical (unpaired) electrons. The molecule has 2 aromatic carbocycles. The van der Waals surface area contributed by atoms with Crippen LogP contribution in [-0.4, -0.2) is 32.9 Å². The molecule has 0 aliphatic heterocycles. The Hall–Kier alpha value is -1.36. The second kappa shape index (κ2) is 10.8. The number of aliphatic imine (C=N–C) groups is 1. The van der Waals surface area contributed by atoms with E-state index < -0.39 is 10.0 Å². The van der Waals surface area contributed by atoms with Gasteiger partial charge in [-0.05, 0) is 36.2 Å². The van der Waals surface area contributed by atoms with Crippen LogP contribution in [0.1, 0.15) is 18.1 Å². The number of hydrogen-bond donors (Lipinski definition) is 2. The van der Waals surface area contributed by atoms with Gasteiger partial charge < -0.3 is 10.2 Å². The molecule has 0 spiro atoms. The minimum Gasteiger partial charge on any atom is -0.357 e. The van der Waals surface area contributed by atoms with E-state index >= 15 is 0 Å². The Morgan fingerprint density at radius 3 is 2.56 bits per heavy atom. The minimum atomic E-state index is -3.73. The molecule has 0 aromatic heterocycles. The first kappa shape index (κ1) is 23.7. The Morgan fingerprint density at radius 1 is 1.22 bits per heavy atom. The van der Waals surface area contributed by atoms with Crippen molar-refractivity contribution in [2.24, 2.45) is 10.1 Å². The van der Waals surface area contributed by atoms with Crippen LogP contribution in [0.4, 0.5) is 0 Å². The lowest BCUT2D eigenvalue weighted by Gasteiger charge is -2.22. The van der Waals surface area contributed by atoms with Gasteiger partial charge in [0.2, 0.25) is 10.0 Å². The number of primary sulfonamides is 1. The fourth-order valence-corrected chi connectivity index (χ4v) is 3.19. The van der Waals surface area contributed by atoms with Gasteiger partial charge in [-0.15, -0.1) is 24.0 Å². The van der Waals surface area contributed by atoms with Gasteiger partial charge in [0.1, 0.15) is 0 Å². The summed E-state index contributed by atoms with van der Waals surface area (Å²) in [6, 6.07) is 14.1. The Labute approximate surface area is 182 Å². The van der Waals surface area contributed by atoms with E-state index in [1.165, 1.54) is 12.1 Å². The van der Waals surface area contributed by atoms with Gasteiger partial charge in [-0.25, -0.2) is 18.5 Å².